The van der Waals surface area contributed by atoms with Crippen LogP contribution in [0.3, 0.4) is 0 Å². The third-order valence-electron chi connectivity index (χ3n) is 2.35. The number of aryl methyl sites for hydroxylation is 1. The topological polar surface area (TPSA) is 49.7 Å². The molecule has 0 spiro atoms. The molecule has 0 aliphatic carbocycles. The molecule has 1 aromatic carbocycles. The summed E-state index contributed by atoms with van der Waals surface area (Å²) in [6, 6.07) is 3.71. The average Bonchev–Trinajstić information content (AvgIpc) is 2.30. The van der Waals surface area contributed by atoms with E-state index in [0.29, 0.717) is 12.2 Å². The molecule has 0 saturated carbocycles. The largest absolute Gasteiger partial charge is 0.504 e. The van der Waals surface area contributed by atoms with Gasteiger partial charge in [0, 0.05) is 12.2 Å². The Labute approximate surface area is 96.0 Å². The minimum absolute atomic E-state index is 0.161. The quantitative estimate of drug-likeness (QED) is 0.804. The summed E-state index contributed by atoms with van der Waals surface area (Å²) in [5, 5.41) is 18.6. The number of rotatable bonds is 5. The van der Waals surface area contributed by atoms with Crippen LogP contribution >= 0.6 is 0 Å². The van der Waals surface area contributed by atoms with E-state index in [4.69, 9.17) is 9.84 Å². The second kappa shape index (κ2) is 6.18. The van der Waals surface area contributed by atoms with Crippen molar-refractivity contribution in [2.45, 2.75) is 19.8 Å². The van der Waals surface area contributed by atoms with E-state index in [9.17, 15) is 5.11 Å². The van der Waals surface area contributed by atoms with Crippen molar-refractivity contribution < 1.29 is 14.9 Å². The first kappa shape index (κ1) is 12.6. The van der Waals surface area contributed by atoms with Crippen LogP contribution in [0.4, 0.5) is 0 Å². The third-order valence-corrected chi connectivity index (χ3v) is 2.35. The zero-order valence-corrected chi connectivity index (χ0v) is 9.73. The van der Waals surface area contributed by atoms with Gasteiger partial charge in [0.2, 0.25) is 0 Å². The molecule has 16 heavy (non-hydrogen) atoms. The predicted molar refractivity (Wildman–Crippen MR) is 64.8 cm³/mol. The highest BCUT2D eigenvalue weighted by Gasteiger charge is 2.08. The number of hydrogen-bond acceptors (Lipinski definition) is 3. The lowest BCUT2D eigenvalue weighted by Crippen LogP contribution is -1.93. The Bertz CT molecular complexity index is 370. The molecule has 88 valence electrons. The molecule has 1 aromatic rings. The maximum absolute atomic E-state index is 9.84. The molecule has 3 heteroatoms. The van der Waals surface area contributed by atoms with Crippen LogP contribution in [-0.4, -0.2) is 23.9 Å². The second-order valence-corrected chi connectivity index (χ2v) is 3.56. The number of benzene rings is 1. The van der Waals surface area contributed by atoms with Crippen LogP contribution < -0.4 is 4.74 Å². The minimum atomic E-state index is 0.161. The molecule has 0 heterocycles. The van der Waals surface area contributed by atoms with E-state index in [1.165, 1.54) is 7.11 Å². The maximum Gasteiger partial charge on any atom is 0.165 e. The van der Waals surface area contributed by atoms with Gasteiger partial charge in [-0.1, -0.05) is 12.2 Å². The summed E-state index contributed by atoms with van der Waals surface area (Å²) in [6.07, 6.45) is 5.19. The summed E-state index contributed by atoms with van der Waals surface area (Å²) in [4.78, 5) is 0. The van der Waals surface area contributed by atoms with Crippen LogP contribution in [0.25, 0.3) is 6.08 Å². The maximum atomic E-state index is 9.84. The summed E-state index contributed by atoms with van der Waals surface area (Å²) in [5.74, 6) is 0.636. The fourth-order valence-electron chi connectivity index (χ4n) is 1.58. The van der Waals surface area contributed by atoms with Crippen molar-refractivity contribution in [3.63, 3.8) is 0 Å². The van der Waals surface area contributed by atoms with Gasteiger partial charge >= 0.3 is 0 Å². The molecule has 0 aliphatic rings. The monoisotopic (exact) mass is 222 g/mol. The van der Waals surface area contributed by atoms with E-state index in [2.05, 4.69) is 0 Å². The van der Waals surface area contributed by atoms with Crippen LogP contribution in [0.2, 0.25) is 0 Å². The average molecular weight is 222 g/mol. The van der Waals surface area contributed by atoms with Gasteiger partial charge in [-0.05, 0) is 37.5 Å². The number of aliphatic hydroxyl groups is 1. The molecule has 0 radical (unpaired) electrons. The fraction of sp³-hybridized carbons (Fsp3) is 0.385. The van der Waals surface area contributed by atoms with Gasteiger partial charge in [-0.15, -0.1) is 0 Å². The van der Waals surface area contributed by atoms with Crippen LogP contribution in [-0.2, 0) is 6.42 Å². The van der Waals surface area contributed by atoms with E-state index in [1.54, 1.807) is 6.07 Å². The fourth-order valence-corrected chi connectivity index (χ4v) is 1.58. The Morgan fingerprint density at radius 1 is 1.38 bits per heavy atom. The zero-order chi connectivity index (χ0) is 12.0. The smallest absolute Gasteiger partial charge is 0.165 e. The van der Waals surface area contributed by atoms with Crippen LogP contribution in [0.1, 0.15) is 24.5 Å². The number of methoxy groups -OCH3 is 1. The molecule has 2 N–H and O–H groups in total. The SMILES string of the molecule is C/C=C/c1cc(CCCO)cc(OC)c1O. The van der Waals surface area contributed by atoms with Gasteiger partial charge in [-0.2, -0.15) is 0 Å². The highest BCUT2D eigenvalue weighted by molar-refractivity contribution is 5.63. The Hall–Kier alpha value is -1.48. The van der Waals surface area contributed by atoms with Crippen molar-refractivity contribution in [1.82, 2.24) is 0 Å². The molecule has 0 bridgehead atoms. The first-order valence-corrected chi connectivity index (χ1v) is 5.36. The molecule has 0 saturated heterocycles. The number of aromatic hydroxyl groups is 1. The van der Waals surface area contributed by atoms with Gasteiger partial charge in [-0.25, -0.2) is 0 Å². The zero-order valence-electron chi connectivity index (χ0n) is 9.73. The molecule has 3 nitrogen and oxygen atoms in total. The lowest BCUT2D eigenvalue weighted by molar-refractivity contribution is 0.288. The number of phenolic OH excluding ortho intramolecular Hbond substituents is 1. The van der Waals surface area contributed by atoms with E-state index < -0.39 is 0 Å². The highest BCUT2D eigenvalue weighted by atomic mass is 16.5. The van der Waals surface area contributed by atoms with Gasteiger partial charge in [0.05, 0.1) is 7.11 Å². The minimum Gasteiger partial charge on any atom is -0.504 e. The van der Waals surface area contributed by atoms with Gasteiger partial charge in [-0.3, -0.25) is 0 Å². The van der Waals surface area contributed by atoms with Crippen molar-refractivity contribution in [2.75, 3.05) is 13.7 Å². The third kappa shape index (κ3) is 3.00. The van der Waals surface area contributed by atoms with Crippen molar-refractivity contribution >= 4 is 6.08 Å². The first-order chi connectivity index (χ1) is 7.72. The molecule has 0 aromatic heterocycles. The molecule has 0 fully saturated rings. The molecule has 1 rings (SSSR count). The van der Waals surface area contributed by atoms with Gasteiger partial charge in [0.1, 0.15) is 0 Å². The predicted octanol–water partition coefficient (Wildman–Crippen LogP) is 2.36. The lowest BCUT2D eigenvalue weighted by Gasteiger charge is -2.09. The molecule has 0 amide bonds. The van der Waals surface area contributed by atoms with E-state index >= 15 is 0 Å². The van der Waals surface area contributed by atoms with Gasteiger partial charge < -0.3 is 14.9 Å². The Balaban J connectivity index is 3.07. The Morgan fingerprint density at radius 2 is 2.12 bits per heavy atom. The van der Waals surface area contributed by atoms with Crippen molar-refractivity contribution in [3.8, 4) is 11.5 Å². The first-order valence-electron chi connectivity index (χ1n) is 5.36. The van der Waals surface area contributed by atoms with E-state index in [-0.39, 0.29) is 12.4 Å². The summed E-state index contributed by atoms with van der Waals surface area (Å²) < 4.78 is 5.11. The highest BCUT2D eigenvalue weighted by Crippen LogP contribution is 2.32. The number of hydrogen-bond donors (Lipinski definition) is 2. The van der Waals surface area contributed by atoms with Crippen molar-refractivity contribution in [2.24, 2.45) is 0 Å². The standard InChI is InChI=1S/C13H18O3/c1-3-5-11-8-10(6-4-7-14)9-12(16-2)13(11)15/h3,5,8-9,14-15H,4,6-7H2,1-2H3/b5-3+. The molecular formula is C13H18O3. The van der Waals surface area contributed by atoms with Crippen LogP contribution in [0.15, 0.2) is 18.2 Å². The van der Waals surface area contributed by atoms with Crippen LogP contribution in [0, 0.1) is 0 Å². The summed E-state index contributed by atoms with van der Waals surface area (Å²) in [6.45, 7) is 2.06. The van der Waals surface area contributed by atoms with Gasteiger partial charge in [0.25, 0.3) is 0 Å². The molecule has 0 atom stereocenters. The summed E-state index contributed by atoms with van der Waals surface area (Å²) >= 11 is 0. The molecule has 0 aliphatic heterocycles. The second-order valence-electron chi connectivity index (χ2n) is 3.56. The number of allylic oxidation sites excluding steroid dienone is 1. The Kier molecular flexibility index (Phi) is 4.86. The van der Waals surface area contributed by atoms with Gasteiger partial charge in [0.15, 0.2) is 11.5 Å². The lowest BCUT2D eigenvalue weighted by atomic mass is 10.0. The summed E-state index contributed by atoms with van der Waals surface area (Å²) in [5.41, 5.74) is 1.80. The molecular weight excluding hydrogens is 204 g/mol. The number of phenols is 1. The van der Waals surface area contributed by atoms with Crippen molar-refractivity contribution in [1.29, 1.82) is 0 Å². The van der Waals surface area contributed by atoms with Crippen molar-refractivity contribution in [3.05, 3.63) is 29.3 Å². The molecule has 0 unspecified atom stereocenters. The van der Waals surface area contributed by atoms with E-state index in [0.717, 1.165) is 17.5 Å². The van der Waals surface area contributed by atoms with E-state index in [1.807, 2.05) is 25.1 Å². The van der Waals surface area contributed by atoms with Crippen LogP contribution in [0.5, 0.6) is 11.5 Å². The Morgan fingerprint density at radius 3 is 2.69 bits per heavy atom. The normalized spacial score (nSPS) is 10.9. The summed E-state index contributed by atoms with van der Waals surface area (Å²) in [7, 11) is 1.53. The number of ether oxygens (including phenoxy) is 1. The number of aliphatic hydroxyl groups excluding tert-OH is 1.